The van der Waals surface area contributed by atoms with Gasteiger partial charge in [-0.15, -0.1) is 0 Å². The average Bonchev–Trinajstić information content (AvgIpc) is 3.67. The third kappa shape index (κ3) is 5.34. The van der Waals surface area contributed by atoms with Crippen LogP contribution in [0.3, 0.4) is 0 Å². The van der Waals surface area contributed by atoms with Crippen LogP contribution in [0.2, 0.25) is 0 Å². The van der Waals surface area contributed by atoms with Crippen LogP contribution in [0.4, 0.5) is 17.1 Å². The standard InChI is InChI=1S/C54H35NO/c1-2-11-36(12-3-1)38-21-24-41(25-22-38)47-33-34-50(53-48-18-8-9-20-51(48)56-54(47)53)55(49-19-10-16-42-27-26-40-14-6-7-17-46(40)52(42)49)45-31-29-39(30-32-45)44-28-23-37-13-4-5-15-43(37)35-44/h1-35H. The monoisotopic (exact) mass is 713 g/mol. The van der Waals surface area contributed by atoms with E-state index >= 15 is 0 Å². The lowest BCUT2D eigenvalue weighted by molar-refractivity contribution is 0.670. The van der Waals surface area contributed by atoms with Gasteiger partial charge in [0.25, 0.3) is 0 Å². The Kier molecular flexibility index (Phi) is 7.53. The topological polar surface area (TPSA) is 16.4 Å². The number of furan rings is 1. The molecule has 0 bridgehead atoms. The first kappa shape index (κ1) is 32.0. The molecule has 0 aliphatic heterocycles. The molecule has 1 aromatic heterocycles. The van der Waals surface area contributed by atoms with Gasteiger partial charge >= 0.3 is 0 Å². The van der Waals surface area contributed by atoms with Crippen LogP contribution in [-0.4, -0.2) is 0 Å². The minimum Gasteiger partial charge on any atom is -0.455 e. The van der Waals surface area contributed by atoms with Crippen LogP contribution in [0.15, 0.2) is 217 Å². The normalized spacial score (nSPS) is 11.6. The first-order valence-electron chi connectivity index (χ1n) is 19.2. The summed E-state index contributed by atoms with van der Waals surface area (Å²) >= 11 is 0. The number of benzene rings is 10. The van der Waals surface area contributed by atoms with E-state index in [0.717, 1.165) is 50.1 Å². The van der Waals surface area contributed by atoms with Crippen LogP contribution in [-0.2, 0) is 0 Å². The second-order valence-electron chi connectivity index (χ2n) is 14.5. The van der Waals surface area contributed by atoms with Crippen LogP contribution >= 0.6 is 0 Å². The van der Waals surface area contributed by atoms with Gasteiger partial charge < -0.3 is 9.32 Å². The van der Waals surface area contributed by atoms with Crippen molar-refractivity contribution in [2.45, 2.75) is 0 Å². The Morgan fingerprint density at radius 2 is 0.893 bits per heavy atom. The Balaban J connectivity index is 1.14. The van der Waals surface area contributed by atoms with E-state index in [4.69, 9.17) is 4.42 Å². The van der Waals surface area contributed by atoms with E-state index < -0.39 is 0 Å². The van der Waals surface area contributed by atoms with Gasteiger partial charge in [0.15, 0.2) is 0 Å². The summed E-state index contributed by atoms with van der Waals surface area (Å²) in [5, 5.41) is 9.50. The van der Waals surface area contributed by atoms with Gasteiger partial charge in [-0.2, -0.15) is 0 Å². The first-order valence-corrected chi connectivity index (χ1v) is 19.2. The second kappa shape index (κ2) is 13.2. The van der Waals surface area contributed by atoms with E-state index in [0.29, 0.717) is 0 Å². The molecule has 0 amide bonds. The molecule has 10 aromatic carbocycles. The minimum absolute atomic E-state index is 0.868. The van der Waals surface area contributed by atoms with E-state index in [2.05, 4.69) is 217 Å². The number of fused-ring (bicyclic) bond motifs is 7. The fraction of sp³-hybridized carbons (Fsp3) is 0. The van der Waals surface area contributed by atoms with Gasteiger partial charge in [0, 0.05) is 22.0 Å². The lowest BCUT2D eigenvalue weighted by Gasteiger charge is -2.28. The van der Waals surface area contributed by atoms with Crippen molar-refractivity contribution in [1.82, 2.24) is 0 Å². The number of hydrogen-bond acceptors (Lipinski definition) is 2. The summed E-state index contributed by atoms with van der Waals surface area (Å²) in [6, 6.07) is 76.4. The number of hydrogen-bond donors (Lipinski definition) is 0. The molecule has 0 aliphatic carbocycles. The Labute approximate surface area is 325 Å². The predicted molar refractivity (Wildman–Crippen MR) is 237 cm³/mol. The Morgan fingerprint density at radius 1 is 0.321 bits per heavy atom. The molecule has 0 unspecified atom stereocenters. The third-order valence-corrected chi connectivity index (χ3v) is 11.2. The maximum absolute atomic E-state index is 6.86. The molecule has 0 saturated carbocycles. The van der Waals surface area contributed by atoms with Gasteiger partial charge in [-0.3, -0.25) is 0 Å². The fourth-order valence-electron chi connectivity index (χ4n) is 8.50. The second-order valence-corrected chi connectivity index (χ2v) is 14.5. The van der Waals surface area contributed by atoms with Crippen molar-refractivity contribution in [3.63, 3.8) is 0 Å². The molecule has 262 valence electrons. The van der Waals surface area contributed by atoms with E-state index in [1.807, 2.05) is 0 Å². The lowest BCUT2D eigenvalue weighted by atomic mass is 9.96. The van der Waals surface area contributed by atoms with Crippen molar-refractivity contribution >= 4 is 71.3 Å². The Hall–Kier alpha value is -7.42. The molecule has 0 aliphatic rings. The quantitative estimate of drug-likeness (QED) is 0.160. The molecule has 0 atom stereocenters. The summed E-state index contributed by atoms with van der Waals surface area (Å²) < 4.78 is 6.86. The molecule has 2 nitrogen and oxygen atoms in total. The van der Waals surface area contributed by atoms with Crippen molar-refractivity contribution in [2.75, 3.05) is 4.90 Å². The van der Waals surface area contributed by atoms with Gasteiger partial charge in [-0.1, -0.05) is 170 Å². The predicted octanol–water partition coefficient (Wildman–Crippen LogP) is 15.5. The zero-order valence-corrected chi connectivity index (χ0v) is 30.6. The summed E-state index contributed by atoms with van der Waals surface area (Å²) in [6.45, 7) is 0. The van der Waals surface area contributed by atoms with Crippen LogP contribution in [0.25, 0.3) is 87.6 Å². The van der Waals surface area contributed by atoms with E-state index in [1.54, 1.807) is 0 Å². The first-order chi connectivity index (χ1) is 27.8. The van der Waals surface area contributed by atoms with Crippen LogP contribution < -0.4 is 4.90 Å². The van der Waals surface area contributed by atoms with Crippen molar-refractivity contribution in [3.05, 3.63) is 212 Å². The molecule has 0 N–H and O–H groups in total. The highest BCUT2D eigenvalue weighted by Crippen LogP contribution is 2.48. The van der Waals surface area contributed by atoms with Gasteiger partial charge in [0.2, 0.25) is 0 Å². The van der Waals surface area contributed by atoms with E-state index in [1.165, 1.54) is 54.6 Å². The molecule has 0 radical (unpaired) electrons. The zero-order valence-electron chi connectivity index (χ0n) is 30.6. The highest BCUT2D eigenvalue weighted by Gasteiger charge is 2.24. The number of anilines is 3. The largest absolute Gasteiger partial charge is 0.455 e. The molecule has 1 heterocycles. The van der Waals surface area contributed by atoms with Gasteiger partial charge in [0.1, 0.15) is 11.2 Å². The molecular weight excluding hydrogens is 679 g/mol. The molecule has 2 heteroatoms. The summed E-state index contributed by atoms with van der Waals surface area (Å²) in [4.78, 5) is 2.44. The Bertz CT molecular complexity index is 3230. The van der Waals surface area contributed by atoms with Gasteiger partial charge in [-0.25, -0.2) is 0 Å². The van der Waals surface area contributed by atoms with E-state index in [9.17, 15) is 0 Å². The maximum Gasteiger partial charge on any atom is 0.145 e. The summed E-state index contributed by atoms with van der Waals surface area (Å²) in [5.41, 5.74) is 11.9. The smallest absolute Gasteiger partial charge is 0.145 e. The molecular formula is C54H35NO. The van der Waals surface area contributed by atoms with Gasteiger partial charge in [0.05, 0.1) is 16.8 Å². The molecule has 56 heavy (non-hydrogen) atoms. The fourth-order valence-corrected chi connectivity index (χ4v) is 8.50. The summed E-state index contributed by atoms with van der Waals surface area (Å²) in [7, 11) is 0. The number of nitrogens with zero attached hydrogens (tertiary/aromatic N) is 1. The number of para-hydroxylation sites is 1. The molecule has 0 spiro atoms. The highest BCUT2D eigenvalue weighted by atomic mass is 16.3. The Morgan fingerprint density at radius 3 is 1.73 bits per heavy atom. The minimum atomic E-state index is 0.868. The van der Waals surface area contributed by atoms with Crippen LogP contribution in [0, 0.1) is 0 Å². The molecule has 0 saturated heterocycles. The van der Waals surface area contributed by atoms with Crippen molar-refractivity contribution in [3.8, 4) is 33.4 Å². The summed E-state index contributed by atoms with van der Waals surface area (Å²) in [6.07, 6.45) is 0. The number of rotatable bonds is 6. The molecule has 0 fully saturated rings. The third-order valence-electron chi connectivity index (χ3n) is 11.2. The van der Waals surface area contributed by atoms with Crippen LogP contribution in [0.5, 0.6) is 0 Å². The lowest BCUT2D eigenvalue weighted by Crippen LogP contribution is -2.11. The SMILES string of the molecule is c1ccc(-c2ccc(-c3ccc(N(c4ccc(-c5ccc6ccccc6c5)cc4)c4cccc5ccc6ccccc6c45)c4c3oc3ccccc34)cc2)cc1. The highest BCUT2D eigenvalue weighted by molar-refractivity contribution is 6.20. The summed E-state index contributed by atoms with van der Waals surface area (Å²) in [5.74, 6) is 0. The zero-order chi connectivity index (χ0) is 37.0. The molecule has 11 rings (SSSR count). The van der Waals surface area contributed by atoms with Crippen molar-refractivity contribution in [2.24, 2.45) is 0 Å². The van der Waals surface area contributed by atoms with Gasteiger partial charge in [-0.05, 0) is 97.2 Å². The average molecular weight is 714 g/mol. The van der Waals surface area contributed by atoms with Crippen molar-refractivity contribution < 1.29 is 4.42 Å². The van der Waals surface area contributed by atoms with Crippen molar-refractivity contribution in [1.29, 1.82) is 0 Å². The molecule has 11 aromatic rings. The van der Waals surface area contributed by atoms with Crippen LogP contribution in [0.1, 0.15) is 0 Å². The maximum atomic E-state index is 6.86. The van der Waals surface area contributed by atoms with E-state index in [-0.39, 0.29) is 0 Å².